The molecule has 1 fully saturated rings. The van der Waals surface area contributed by atoms with E-state index < -0.39 is 0 Å². The summed E-state index contributed by atoms with van der Waals surface area (Å²) in [6.45, 7) is 1.50. The maximum Gasteiger partial charge on any atom is 0.272 e. The summed E-state index contributed by atoms with van der Waals surface area (Å²) in [5.74, 6) is 0.0115. The fourth-order valence-electron chi connectivity index (χ4n) is 2.50. The summed E-state index contributed by atoms with van der Waals surface area (Å²) >= 11 is 0. The molecule has 1 aliphatic rings. The number of piperidine rings is 1. The average molecular weight is 256 g/mol. The molecule has 0 aromatic carbocycles. The van der Waals surface area contributed by atoms with E-state index in [1.54, 1.807) is 18.5 Å². The molecule has 0 radical (unpaired) electrons. The molecule has 1 atom stereocenters. The third kappa shape index (κ3) is 2.50. The van der Waals surface area contributed by atoms with E-state index in [0.717, 1.165) is 19.4 Å². The normalized spacial score (nSPS) is 19.4. The minimum Gasteiger partial charge on any atom is -0.335 e. The summed E-state index contributed by atoms with van der Waals surface area (Å²) in [7, 11) is 0. The van der Waals surface area contributed by atoms with Gasteiger partial charge in [-0.25, -0.2) is 0 Å². The summed E-state index contributed by atoms with van der Waals surface area (Å²) in [6, 6.07) is 7.62. The Morgan fingerprint density at radius 2 is 2.21 bits per heavy atom. The number of carbonyl (C=O) groups is 1. The summed E-state index contributed by atoms with van der Waals surface area (Å²) in [5.41, 5.74) is 0.517. The van der Waals surface area contributed by atoms with Crippen molar-refractivity contribution < 1.29 is 4.79 Å². The second kappa shape index (κ2) is 5.22. The average Bonchev–Trinajstić information content (AvgIpc) is 3.02. The molecule has 98 valence electrons. The van der Waals surface area contributed by atoms with Crippen LogP contribution in [0.4, 0.5) is 0 Å². The fourth-order valence-corrected chi connectivity index (χ4v) is 2.50. The smallest absolute Gasteiger partial charge is 0.272 e. The van der Waals surface area contributed by atoms with Crippen LogP contribution in [-0.4, -0.2) is 38.7 Å². The van der Waals surface area contributed by atoms with E-state index in [9.17, 15) is 4.79 Å². The number of aromatic nitrogens is 3. The lowest BCUT2D eigenvalue weighted by Crippen LogP contribution is -2.41. The first-order chi connectivity index (χ1) is 9.34. The van der Waals surface area contributed by atoms with Crippen LogP contribution in [0.3, 0.4) is 0 Å². The van der Waals surface area contributed by atoms with Crippen LogP contribution in [0.2, 0.25) is 0 Å². The minimum absolute atomic E-state index is 0.0115. The lowest BCUT2D eigenvalue weighted by molar-refractivity contribution is 0.0667. The maximum absolute atomic E-state index is 12.3. The van der Waals surface area contributed by atoms with Crippen LogP contribution in [0.5, 0.6) is 0 Å². The summed E-state index contributed by atoms with van der Waals surface area (Å²) in [5, 5.41) is 4.27. The zero-order chi connectivity index (χ0) is 13.1. The highest BCUT2D eigenvalue weighted by Crippen LogP contribution is 2.21. The minimum atomic E-state index is 0.0115. The van der Waals surface area contributed by atoms with E-state index in [0.29, 0.717) is 12.2 Å². The second-order valence-electron chi connectivity index (χ2n) is 4.75. The summed E-state index contributed by atoms with van der Waals surface area (Å²) in [6.07, 6.45) is 7.46. The number of amides is 1. The molecule has 0 N–H and O–H groups in total. The van der Waals surface area contributed by atoms with Gasteiger partial charge in [0.2, 0.25) is 0 Å². The molecule has 2 aromatic heterocycles. The molecule has 19 heavy (non-hydrogen) atoms. The molecular weight excluding hydrogens is 240 g/mol. The number of likely N-dealkylation sites (tertiary alicyclic amines) is 1. The molecular formula is C14H16N4O. The van der Waals surface area contributed by atoms with E-state index in [2.05, 4.69) is 10.1 Å². The maximum atomic E-state index is 12.3. The number of carbonyl (C=O) groups excluding carboxylic acids is 1. The zero-order valence-electron chi connectivity index (χ0n) is 10.6. The van der Waals surface area contributed by atoms with Crippen molar-refractivity contribution in [1.29, 1.82) is 0 Å². The van der Waals surface area contributed by atoms with Gasteiger partial charge in [-0.2, -0.15) is 5.10 Å². The molecule has 0 bridgehead atoms. The Hall–Kier alpha value is -2.17. The monoisotopic (exact) mass is 256 g/mol. The van der Waals surface area contributed by atoms with Crippen LogP contribution < -0.4 is 0 Å². The summed E-state index contributed by atoms with van der Waals surface area (Å²) in [4.78, 5) is 18.3. The molecule has 1 aliphatic heterocycles. The first-order valence-electron chi connectivity index (χ1n) is 6.54. The lowest BCUT2D eigenvalue weighted by atomic mass is 10.1. The number of hydrogen-bond donors (Lipinski definition) is 0. The number of nitrogens with zero attached hydrogens (tertiary/aromatic N) is 4. The van der Waals surface area contributed by atoms with Gasteiger partial charge in [0.25, 0.3) is 5.91 Å². The Labute approximate surface area is 111 Å². The lowest BCUT2D eigenvalue weighted by Gasteiger charge is -2.32. The van der Waals surface area contributed by atoms with E-state index >= 15 is 0 Å². The van der Waals surface area contributed by atoms with Gasteiger partial charge >= 0.3 is 0 Å². The van der Waals surface area contributed by atoms with Gasteiger partial charge in [-0.1, -0.05) is 6.07 Å². The van der Waals surface area contributed by atoms with Gasteiger partial charge in [0.05, 0.1) is 6.04 Å². The highest BCUT2D eigenvalue weighted by molar-refractivity contribution is 5.92. The predicted molar refractivity (Wildman–Crippen MR) is 70.6 cm³/mol. The number of rotatable bonds is 2. The summed E-state index contributed by atoms with van der Waals surface area (Å²) < 4.78 is 1.94. The van der Waals surface area contributed by atoms with E-state index in [1.165, 1.54) is 0 Å². The van der Waals surface area contributed by atoms with Crippen molar-refractivity contribution >= 4 is 5.91 Å². The Kier molecular flexibility index (Phi) is 3.27. The number of pyridine rings is 1. The molecule has 1 unspecified atom stereocenters. The van der Waals surface area contributed by atoms with Gasteiger partial charge in [0.15, 0.2) is 0 Å². The molecule has 5 nitrogen and oxygen atoms in total. The Balaban J connectivity index is 1.73. The molecule has 0 saturated carbocycles. The van der Waals surface area contributed by atoms with Gasteiger partial charge in [-0.15, -0.1) is 0 Å². The quantitative estimate of drug-likeness (QED) is 0.822. The first-order valence-corrected chi connectivity index (χ1v) is 6.54. The largest absolute Gasteiger partial charge is 0.335 e. The molecule has 3 heterocycles. The van der Waals surface area contributed by atoms with Gasteiger partial charge in [0, 0.05) is 31.7 Å². The zero-order valence-corrected chi connectivity index (χ0v) is 10.6. The van der Waals surface area contributed by atoms with Crippen molar-refractivity contribution in [3.8, 4) is 0 Å². The van der Waals surface area contributed by atoms with Gasteiger partial charge in [-0.3, -0.25) is 14.5 Å². The SMILES string of the molecule is O=C(c1ccccn1)N1CCCC(n2cccn2)C1. The topological polar surface area (TPSA) is 51.0 Å². The third-order valence-corrected chi connectivity index (χ3v) is 3.47. The van der Waals surface area contributed by atoms with Crippen molar-refractivity contribution in [2.75, 3.05) is 13.1 Å². The van der Waals surface area contributed by atoms with Crippen LogP contribution >= 0.6 is 0 Å². The Morgan fingerprint density at radius 3 is 2.95 bits per heavy atom. The Bertz CT molecular complexity index is 538. The molecule has 1 saturated heterocycles. The molecule has 0 spiro atoms. The second-order valence-corrected chi connectivity index (χ2v) is 4.75. The van der Waals surface area contributed by atoms with Gasteiger partial charge in [0.1, 0.15) is 5.69 Å². The van der Waals surface area contributed by atoms with Crippen LogP contribution in [-0.2, 0) is 0 Å². The van der Waals surface area contributed by atoms with Gasteiger partial charge < -0.3 is 4.90 Å². The van der Waals surface area contributed by atoms with Crippen molar-refractivity contribution in [2.24, 2.45) is 0 Å². The van der Waals surface area contributed by atoms with Crippen molar-refractivity contribution in [2.45, 2.75) is 18.9 Å². The first kappa shape index (κ1) is 11.9. The van der Waals surface area contributed by atoms with Crippen LogP contribution in [0.25, 0.3) is 0 Å². The van der Waals surface area contributed by atoms with Crippen LogP contribution in [0, 0.1) is 0 Å². The third-order valence-electron chi connectivity index (χ3n) is 3.47. The highest BCUT2D eigenvalue weighted by Gasteiger charge is 2.26. The van der Waals surface area contributed by atoms with E-state index in [1.807, 2.05) is 34.0 Å². The Morgan fingerprint density at radius 1 is 1.26 bits per heavy atom. The van der Waals surface area contributed by atoms with Crippen LogP contribution in [0.15, 0.2) is 42.9 Å². The molecule has 1 amide bonds. The number of hydrogen-bond acceptors (Lipinski definition) is 3. The van der Waals surface area contributed by atoms with E-state index in [4.69, 9.17) is 0 Å². The van der Waals surface area contributed by atoms with Crippen molar-refractivity contribution in [1.82, 2.24) is 19.7 Å². The molecule has 3 rings (SSSR count). The predicted octanol–water partition coefficient (Wildman–Crippen LogP) is 1.76. The standard InChI is InChI=1S/C14H16N4O/c19-14(13-6-1-2-7-15-13)17-9-3-5-12(11-17)18-10-4-8-16-18/h1-2,4,6-8,10,12H,3,5,9,11H2. The molecule has 2 aromatic rings. The van der Waals surface area contributed by atoms with Crippen molar-refractivity contribution in [3.63, 3.8) is 0 Å². The van der Waals surface area contributed by atoms with E-state index in [-0.39, 0.29) is 11.9 Å². The molecule has 0 aliphatic carbocycles. The highest BCUT2D eigenvalue weighted by atomic mass is 16.2. The van der Waals surface area contributed by atoms with Gasteiger partial charge in [-0.05, 0) is 31.0 Å². The van der Waals surface area contributed by atoms with Crippen molar-refractivity contribution in [3.05, 3.63) is 48.5 Å². The molecule has 5 heteroatoms. The fraction of sp³-hybridized carbons (Fsp3) is 0.357. The van der Waals surface area contributed by atoms with Crippen LogP contribution in [0.1, 0.15) is 29.4 Å².